The van der Waals surface area contributed by atoms with Gasteiger partial charge in [-0.2, -0.15) is 5.10 Å². The molecule has 0 saturated heterocycles. The van der Waals surface area contributed by atoms with E-state index >= 15 is 0 Å². The second-order valence-electron chi connectivity index (χ2n) is 5.37. The third-order valence-electron chi connectivity index (χ3n) is 3.63. The summed E-state index contributed by atoms with van der Waals surface area (Å²) < 4.78 is 7.03. The quantitative estimate of drug-likeness (QED) is 0.543. The number of rotatable bonds is 6. The van der Waals surface area contributed by atoms with E-state index < -0.39 is 0 Å². The van der Waals surface area contributed by atoms with Crippen LogP contribution in [-0.4, -0.2) is 38.4 Å². The Balaban J connectivity index is 1.77. The highest BCUT2D eigenvalue weighted by atomic mass is 16.5. The number of aromatic nitrogens is 4. The fraction of sp³-hybridized carbons (Fsp3) is 0.167. The van der Waals surface area contributed by atoms with Gasteiger partial charge in [0.25, 0.3) is 5.91 Å². The van der Waals surface area contributed by atoms with Crippen LogP contribution >= 0.6 is 0 Å². The van der Waals surface area contributed by atoms with Gasteiger partial charge in [0.05, 0.1) is 23.6 Å². The molecule has 0 fully saturated rings. The molecule has 0 aliphatic heterocycles. The molecule has 1 heterocycles. The van der Waals surface area contributed by atoms with Gasteiger partial charge in [0.1, 0.15) is 12.1 Å². The maximum Gasteiger partial charge on any atom is 0.275 e. The van der Waals surface area contributed by atoms with Gasteiger partial charge < -0.3 is 4.74 Å². The maximum atomic E-state index is 12.4. The van der Waals surface area contributed by atoms with Gasteiger partial charge in [-0.15, -0.1) is 5.10 Å². The van der Waals surface area contributed by atoms with Crippen LogP contribution in [0, 0.1) is 0 Å². The summed E-state index contributed by atoms with van der Waals surface area (Å²) in [4.78, 5) is 12.4. The minimum atomic E-state index is -0.329. The number of carbonyl (C=O) groups is 1. The van der Waals surface area contributed by atoms with Crippen LogP contribution in [0.25, 0.3) is 5.69 Å². The number of nitrogens with zero attached hydrogens (tertiary/aromatic N) is 5. The Kier molecular flexibility index (Phi) is 5.33. The fourth-order valence-corrected chi connectivity index (χ4v) is 2.35. The molecule has 1 N–H and O–H groups in total. The monoisotopic (exact) mass is 350 g/mol. The van der Waals surface area contributed by atoms with Gasteiger partial charge in [0, 0.05) is 0 Å². The maximum absolute atomic E-state index is 12.4. The summed E-state index contributed by atoms with van der Waals surface area (Å²) in [5.41, 5.74) is 5.31. The number of tetrazole rings is 1. The highest BCUT2D eigenvalue weighted by Gasteiger charge is 2.11. The van der Waals surface area contributed by atoms with E-state index in [1.807, 2.05) is 44.2 Å². The van der Waals surface area contributed by atoms with Gasteiger partial charge in [0.2, 0.25) is 0 Å². The molecule has 0 aliphatic carbocycles. The molecule has 0 spiro atoms. The SMILES string of the molecule is CCOc1ccccc1C(=O)N/N=C(\C)c1cccc(-n2cnnn2)c1. The molecule has 8 nitrogen and oxygen atoms in total. The summed E-state index contributed by atoms with van der Waals surface area (Å²) in [6, 6.07) is 14.6. The van der Waals surface area contributed by atoms with E-state index in [2.05, 4.69) is 26.1 Å². The van der Waals surface area contributed by atoms with Crippen LogP contribution < -0.4 is 10.2 Å². The zero-order valence-electron chi connectivity index (χ0n) is 14.5. The Hall–Kier alpha value is -3.55. The number of ether oxygens (including phenoxy) is 1. The Morgan fingerprint density at radius 3 is 2.85 bits per heavy atom. The molecule has 2 aromatic carbocycles. The first kappa shape index (κ1) is 17.3. The molecule has 0 aliphatic rings. The van der Waals surface area contributed by atoms with Crippen molar-refractivity contribution >= 4 is 11.6 Å². The lowest BCUT2D eigenvalue weighted by Gasteiger charge is -2.09. The summed E-state index contributed by atoms with van der Waals surface area (Å²) in [7, 11) is 0. The summed E-state index contributed by atoms with van der Waals surface area (Å²) in [6.07, 6.45) is 1.51. The van der Waals surface area contributed by atoms with Gasteiger partial charge in [-0.3, -0.25) is 4.79 Å². The molecular weight excluding hydrogens is 332 g/mol. The lowest BCUT2D eigenvalue weighted by Crippen LogP contribution is -2.20. The van der Waals surface area contributed by atoms with E-state index in [-0.39, 0.29) is 5.91 Å². The van der Waals surface area contributed by atoms with Crippen molar-refractivity contribution in [3.05, 3.63) is 66.0 Å². The zero-order valence-corrected chi connectivity index (χ0v) is 14.5. The van der Waals surface area contributed by atoms with Crippen LogP contribution in [0.3, 0.4) is 0 Å². The van der Waals surface area contributed by atoms with Gasteiger partial charge >= 0.3 is 0 Å². The molecule has 8 heteroatoms. The largest absolute Gasteiger partial charge is 0.493 e. The summed E-state index contributed by atoms with van der Waals surface area (Å²) in [5, 5.41) is 15.3. The molecule has 132 valence electrons. The molecule has 0 bridgehead atoms. The number of amides is 1. The van der Waals surface area contributed by atoms with E-state index in [1.165, 1.54) is 6.33 Å². The first-order valence-corrected chi connectivity index (χ1v) is 8.09. The molecule has 3 rings (SSSR count). The Labute approximate surface area is 150 Å². The average molecular weight is 350 g/mol. The lowest BCUT2D eigenvalue weighted by molar-refractivity contribution is 0.0951. The van der Waals surface area contributed by atoms with Crippen LogP contribution in [-0.2, 0) is 0 Å². The van der Waals surface area contributed by atoms with Gasteiger partial charge in [-0.1, -0.05) is 24.3 Å². The summed E-state index contributed by atoms with van der Waals surface area (Å²) >= 11 is 0. The van der Waals surface area contributed by atoms with Crippen molar-refractivity contribution in [1.29, 1.82) is 0 Å². The van der Waals surface area contributed by atoms with Crippen LogP contribution in [0.15, 0.2) is 60.0 Å². The highest BCUT2D eigenvalue weighted by Crippen LogP contribution is 2.17. The molecule has 0 atom stereocenters. The minimum Gasteiger partial charge on any atom is -0.493 e. The molecule has 1 amide bonds. The van der Waals surface area contributed by atoms with Crippen molar-refractivity contribution in [3.8, 4) is 11.4 Å². The molecule has 0 unspecified atom stereocenters. The number of nitrogens with one attached hydrogen (secondary N) is 1. The van der Waals surface area contributed by atoms with Crippen LogP contribution in [0.2, 0.25) is 0 Å². The molecule has 26 heavy (non-hydrogen) atoms. The molecular formula is C18H18N6O2. The second-order valence-corrected chi connectivity index (χ2v) is 5.37. The third-order valence-corrected chi connectivity index (χ3v) is 3.63. The van der Waals surface area contributed by atoms with Crippen molar-refractivity contribution in [2.45, 2.75) is 13.8 Å². The number of para-hydroxylation sites is 1. The van der Waals surface area contributed by atoms with Crippen molar-refractivity contribution < 1.29 is 9.53 Å². The highest BCUT2D eigenvalue weighted by molar-refractivity contribution is 6.01. The molecule has 0 radical (unpaired) electrons. The average Bonchev–Trinajstić information content (AvgIpc) is 3.21. The number of hydrazone groups is 1. The summed E-state index contributed by atoms with van der Waals surface area (Å²) in [5.74, 6) is 0.200. The van der Waals surface area contributed by atoms with Crippen LogP contribution in [0.4, 0.5) is 0 Å². The number of hydrogen-bond acceptors (Lipinski definition) is 6. The van der Waals surface area contributed by atoms with E-state index in [1.54, 1.807) is 22.9 Å². The van der Waals surface area contributed by atoms with E-state index in [0.29, 0.717) is 23.6 Å². The first-order chi connectivity index (χ1) is 12.7. The number of benzene rings is 2. The second kappa shape index (κ2) is 8.02. The van der Waals surface area contributed by atoms with E-state index in [4.69, 9.17) is 4.74 Å². The van der Waals surface area contributed by atoms with Gasteiger partial charge in [-0.05, 0) is 54.1 Å². The van der Waals surface area contributed by atoms with Crippen molar-refractivity contribution in [3.63, 3.8) is 0 Å². The Morgan fingerprint density at radius 2 is 2.08 bits per heavy atom. The molecule has 3 aromatic rings. The van der Waals surface area contributed by atoms with Crippen molar-refractivity contribution in [2.75, 3.05) is 6.61 Å². The zero-order chi connectivity index (χ0) is 18.4. The Morgan fingerprint density at radius 1 is 1.23 bits per heavy atom. The summed E-state index contributed by atoms with van der Waals surface area (Å²) in [6.45, 7) is 4.17. The minimum absolute atomic E-state index is 0.329. The lowest BCUT2D eigenvalue weighted by atomic mass is 10.1. The van der Waals surface area contributed by atoms with Crippen molar-refractivity contribution in [2.24, 2.45) is 5.10 Å². The Bertz CT molecular complexity index is 921. The predicted octanol–water partition coefficient (Wildman–Crippen LogP) is 2.21. The normalized spacial score (nSPS) is 11.2. The van der Waals surface area contributed by atoms with Crippen LogP contribution in [0.1, 0.15) is 29.8 Å². The van der Waals surface area contributed by atoms with Crippen LogP contribution in [0.5, 0.6) is 5.75 Å². The molecule has 1 aromatic heterocycles. The van der Waals surface area contributed by atoms with E-state index in [0.717, 1.165) is 11.3 Å². The molecule has 0 saturated carbocycles. The first-order valence-electron chi connectivity index (χ1n) is 8.09. The fourth-order valence-electron chi connectivity index (χ4n) is 2.35. The van der Waals surface area contributed by atoms with Crippen molar-refractivity contribution in [1.82, 2.24) is 25.6 Å². The topological polar surface area (TPSA) is 94.3 Å². The standard InChI is InChI=1S/C18H18N6O2/c1-3-26-17-10-5-4-9-16(17)18(25)21-20-13(2)14-7-6-8-15(11-14)24-12-19-22-23-24/h4-12H,3H2,1-2H3,(H,21,25)/b20-13+. The third kappa shape index (κ3) is 3.92. The van der Waals surface area contributed by atoms with Gasteiger partial charge in [0.15, 0.2) is 0 Å². The number of hydrogen-bond donors (Lipinski definition) is 1. The predicted molar refractivity (Wildman–Crippen MR) is 96.4 cm³/mol. The smallest absolute Gasteiger partial charge is 0.275 e. The van der Waals surface area contributed by atoms with Gasteiger partial charge in [-0.25, -0.2) is 10.1 Å². The number of carbonyl (C=O) groups excluding carboxylic acids is 1. The van der Waals surface area contributed by atoms with E-state index in [9.17, 15) is 4.79 Å².